The van der Waals surface area contributed by atoms with Gasteiger partial charge in [0, 0.05) is 23.8 Å². The van der Waals surface area contributed by atoms with E-state index in [0.29, 0.717) is 18.3 Å². The second-order valence-corrected chi connectivity index (χ2v) is 3.63. The monoisotopic (exact) mass is 179 g/mol. The second-order valence-electron chi connectivity index (χ2n) is 3.63. The van der Waals surface area contributed by atoms with Gasteiger partial charge in [0.05, 0.1) is 0 Å². The van der Waals surface area contributed by atoms with E-state index in [1.54, 1.807) is 0 Å². The fraction of sp³-hybridized carbons (Fsp3) is 0.556. The molecule has 0 unspecified atom stereocenters. The molecule has 0 bridgehead atoms. The average molecular weight is 179 g/mol. The predicted octanol–water partition coefficient (Wildman–Crippen LogP) is 1.02. The molecule has 0 aromatic carbocycles. The van der Waals surface area contributed by atoms with Gasteiger partial charge < -0.3 is 5.32 Å². The lowest BCUT2D eigenvalue weighted by molar-refractivity contribution is 0.0959. The maximum absolute atomic E-state index is 11.3. The Balaban J connectivity index is 2.55. The van der Waals surface area contributed by atoms with Crippen LogP contribution in [0.4, 0.5) is 0 Å². The molecular formula is C9H13N3O. The molecule has 4 heteroatoms. The Hall–Kier alpha value is -1.32. The minimum Gasteiger partial charge on any atom is -0.346 e. The number of amides is 1. The molecule has 1 aliphatic heterocycles. The van der Waals surface area contributed by atoms with Gasteiger partial charge in [-0.25, -0.2) is 0 Å². The number of carbonyl (C=O) groups is 1. The van der Waals surface area contributed by atoms with Crippen LogP contribution in [0.1, 0.15) is 41.6 Å². The number of rotatable bonds is 1. The molecule has 2 rings (SSSR count). The van der Waals surface area contributed by atoms with Crippen LogP contribution in [0.5, 0.6) is 0 Å². The molecule has 0 spiro atoms. The summed E-state index contributed by atoms with van der Waals surface area (Å²) >= 11 is 0. The van der Waals surface area contributed by atoms with E-state index in [2.05, 4.69) is 24.3 Å². The van der Waals surface area contributed by atoms with Crippen LogP contribution in [0.3, 0.4) is 0 Å². The molecule has 4 nitrogen and oxygen atoms in total. The van der Waals surface area contributed by atoms with Gasteiger partial charge in [-0.1, -0.05) is 0 Å². The number of nitrogens with one attached hydrogen (secondary N) is 1. The van der Waals surface area contributed by atoms with Gasteiger partial charge in [-0.2, -0.15) is 5.10 Å². The largest absolute Gasteiger partial charge is 0.346 e. The van der Waals surface area contributed by atoms with Gasteiger partial charge in [-0.3, -0.25) is 9.48 Å². The third-order valence-electron chi connectivity index (χ3n) is 2.40. The molecule has 1 aliphatic rings. The first-order valence-electron chi connectivity index (χ1n) is 4.47. The normalized spacial score (nSPS) is 14.9. The van der Waals surface area contributed by atoms with E-state index in [4.69, 9.17) is 0 Å². The summed E-state index contributed by atoms with van der Waals surface area (Å²) in [5.41, 5.74) is 2.76. The summed E-state index contributed by atoms with van der Waals surface area (Å²) in [4.78, 5) is 11.3. The van der Waals surface area contributed by atoms with Crippen molar-refractivity contribution in [3.05, 3.63) is 17.0 Å². The fourth-order valence-electron chi connectivity index (χ4n) is 1.70. The minimum absolute atomic E-state index is 0.0440. The lowest BCUT2D eigenvalue weighted by atomic mass is 10.2. The lowest BCUT2D eigenvalue weighted by Crippen LogP contribution is -2.17. The molecular weight excluding hydrogens is 166 g/mol. The van der Waals surface area contributed by atoms with Gasteiger partial charge in [0.25, 0.3) is 5.91 Å². The Morgan fingerprint density at radius 3 is 2.77 bits per heavy atom. The highest BCUT2D eigenvalue weighted by molar-refractivity contribution is 5.96. The summed E-state index contributed by atoms with van der Waals surface area (Å²) in [7, 11) is 0. The zero-order chi connectivity index (χ0) is 9.59. The molecule has 1 aromatic rings. The quantitative estimate of drug-likeness (QED) is 0.699. The van der Waals surface area contributed by atoms with Crippen LogP contribution in [-0.2, 0) is 6.54 Å². The van der Waals surface area contributed by atoms with E-state index in [9.17, 15) is 4.79 Å². The van der Waals surface area contributed by atoms with Crippen molar-refractivity contribution in [2.75, 3.05) is 0 Å². The lowest BCUT2D eigenvalue weighted by Gasteiger charge is -2.08. The molecule has 2 heterocycles. The van der Waals surface area contributed by atoms with Gasteiger partial charge in [0.1, 0.15) is 0 Å². The number of aromatic nitrogens is 2. The topological polar surface area (TPSA) is 46.9 Å². The van der Waals surface area contributed by atoms with Crippen molar-refractivity contribution in [3.8, 4) is 0 Å². The van der Waals surface area contributed by atoms with Crippen LogP contribution < -0.4 is 5.32 Å². The van der Waals surface area contributed by atoms with Crippen LogP contribution in [-0.4, -0.2) is 15.7 Å². The van der Waals surface area contributed by atoms with Gasteiger partial charge in [0.15, 0.2) is 5.69 Å². The maximum Gasteiger partial charge on any atom is 0.272 e. The van der Waals surface area contributed by atoms with E-state index in [1.807, 2.05) is 11.6 Å². The summed E-state index contributed by atoms with van der Waals surface area (Å²) in [6, 6.07) is 0.318. The summed E-state index contributed by atoms with van der Waals surface area (Å²) < 4.78 is 1.91. The molecule has 1 N–H and O–H groups in total. The summed E-state index contributed by atoms with van der Waals surface area (Å²) in [5, 5.41) is 7.03. The Labute approximate surface area is 76.9 Å². The zero-order valence-corrected chi connectivity index (χ0v) is 8.09. The number of carbonyl (C=O) groups excluding carboxylic acids is 1. The van der Waals surface area contributed by atoms with Crippen LogP contribution in [0, 0.1) is 6.92 Å². The van der Waals surface area contributed by atoms with Gasteiger partial charge in [-0.05, 0) is 20.8 Å². The number of hydrogen-bond acceptors (Lipinski definition) is 2. The Morgan fingerprint density at radius 1 is 1.54 bits per heavy atom. The highest BCUT2D eigenvalue weighted by atomic mass is 16.2. The van der Waals surface area contributed by atoms with Crippen molar-refractivity contribution in [1.82, 2.24) is 15.1 Å². The van der Waals surface area contributed by atoms with Crippen LogP contribution in [0.2, 0.25) is 0 Å². The Kier molecular flexibility index (Phi) is 1.65. The van der Waals surface area contributed by atoms with Crippen LogP contribution >= 0.6 is 0 Å². The molecule has 0 atom stereocenters. The molecule has 0 radical (unpaired) electrons. The Morgan fingerprint density at radius 2 is 2.23 bits per heavy atom. The van der Waals surface area contributed by atoms with E-state index in [1.165, 1.54) is 0 Å². The highest BCUT2D eigenvalue weighted by Crippen LogP contribution is 2.21. The maximum atomic E-state index is 11.3. The van der Waals surface area contributed by atoms with Gasteiger partial charge in [0.2, 0.25) is 0 Å². The minimum atomic E-state index is -0.0440. The summed E-state index contributed by atoms with van der Waals surface area (Å²) in [6.45, 7) is 6.76. The fourth-order valence-corrected chi connectivity index (χ4v) is 1.70. The average Bonchev–Trinajstić information content (AvgIpc) is 2.55. The van der Waals surface area contributed by atoms with Crippen LogP contribution in [0.15, 0.2) is 0 Å². The van der Waals surface area contributed by atoms with Gasteiger partial charge >= 0.3 is 0 Å². The molecule has 0 fully saturated rings. The smallest absolute Gasteiger partial charge is 0.272 e. The molecule has 1 amide bonds. The van der Waals surface area contributed by atoms with E-state index < -0.39 is 0 Å². The van der Waals surface area contributed by atoms with Gasteiger partial charge in [-0.15, -0.1) is 0 Å². The second kappa shape index (κ2) is 2.58. The molecule has 0 saturated carbocycles. The van der Waals surface area contributed by atoms with Crippen molar-refractivity contribution in [1.29, 1.82) is 0 Å². The number of fused-ring (bicyclic) bond motifs is 1. The first-order valence-corrected chi connectivity index (χ1v) is 4.47. The number of hydrogen-bond donors (Lipinski definition) is 1. The SMILES string of the molecule is Cc1c2c(nn1C(C)C)C(=O)NC2. The molecule has 70 valence electrons. The van der Waals surface area contributed by atoms with Crippen molar-refractivity contribution < 1.29 is 4.79 Å². The molecule has 13 heavy (non-hydrogen) atoms. The molecule has 1 aromatic heterocycles. The van der Waals surface area contributed by atoms with Crippen molar-refractivity contribution in [3.63, 3.8) is 0 Å². The van der Waals surface area contributed by atoms with Crippen molar-refractivity contribution >= 4 is 5.91 Å². The first-order chi connectivity index (χ1) is 6.11. The third-order valence-corrected chi connectivity index (χ3v) is 2.40. The van der Waals surface area contributed by atoms with Crippen molar-refractivity contribution in [2.45, 2.75) is 33.4 Å². The first kappa shape index (κ1) is 8.29. The van der Waals surface area contributed by atoms with E-state index >= 15 is 0 Å². The molecule has 0 saturated heterocycles. The third kappa shape index (κ3) is 1.05. The molecule has 0 aliphatic carbocycles. The summed E-state index contributed by atoms with van der Waals surface area (Å²) in [6.07, 6.45) is 0. The zero-order valence-electron chi connectivity index (χ0n) is 8.09. The van der Waals surface area contributed by atoms with Crippen molar-refractivity contribution in [2.24, 2.45) is 0 Å². The van der Waals surface area contributed by atoms with E-state index in [-0.39, 0.29) is 5.91 Å². The predicted molar refractivity (Wildman–Crippen MR) is 48.5 cm³/mol. The van der Waals surface area contributed by atoms with E-state index in [0.717, 1.165) is 11.3 Å². The van der Waals surface area contributed by atoms with Crippen LogP contribution in [0.25, 0.3) is 0 Å². The summed E-state index contributed by atoms with van der Waals surface area (Å²) in [5.74, 6) is -0.0440. The highest BCUT2D eigenvalue weighted by Gasteiger charge is 2.26. The standard InChI is InChI=1S/C9H13N3O/c1-5(2)12-6(3)7-4-10-9(13)8(7)11-12/h5H,4H2,1-3H3,(H,10,13). The Bertz CT molecular complexity index is 365. The number of nitrogens with zero attached hydrogens (tertiary/aromatic N) is 2.